The zero-order valence-electron chi connectivity index (χ0n) is 8.00. The summed E-state index contributed by atoms with van der Waals surface area (Å²) in [5.41, 5.74) is 5.41. The van der Waals surface area contributed by atoms with Crippen LogP contribution in [-0.4, -0.2) is 31.1 Å². The molecule has 3 N–H and O–H groups in total. The molecule has 5 nitrogen and oxygen atoms in total. The van der Waals surface area contributed by atoms with Gasteiger partial charge in [-0.15, -0.1) is 0 Å². The van der Waals surface area contributed by atoms with Gasteiger partial charge in [-0.2, -0.15) is 0 Å². The van der Waals surface area contributed by atoms with Crippen LogP contribution in [0.3, 0.4) is 0 Å². The van der Waals surface area contributed by atoms with Crippen LogP contribution in [0.5, 0.6) is 0 Å². The van der Waals surface area contributed by atoms with E-state index in [2.05, 4.69) is 10.1 Å². The Hall–Kier alpha value is -1.10. The van der Waals surface area contributed by atoms with Gasteiger partial charge in [0, 0.05) is 0 Å². The van der Waals surface area contributed by atoms with E-state index in [1.54, 1.807) is 13.8 Å². The van der Waals surface area contributed by atoms with Crippen molar-refractivity contribution in [3.63, 3.8) is 0 Å². The average molecular weight is 188 g/mol. The molecule has 0 aromatic heterocycles. The number of carbonyl (C=O) groups is 2. The molecule has 1 atom stereocenters. The van der Waals surface area contributed by atoms with Crippen LogP contribution in [0.4, 0.5) is 0 Å². The third-order valence-corrected chi connectivity index (χ3v) is 1.49. The van der Waals surface area contributed by atoms with E-state index >= 15 is 0 Å². The lowest BCUT2D eigenvalue weighted by Gasteiger charge is -2.08. The van der Waals surface area contributed by atoms with Crippen LogP contribution in [0.25, 0.3) is 0 Å². The van der Waals surface area contributed by atoms with Crippen LogP contribution in [0.1, 0.15) is 20.3 Å². The first kappa shape index (κ1) is 11.9. The quantitative estimate of drug-likeness (QED) is 0.565. The van der Waals surface area contributed by atoms with Gasteiger partial charge in [-0.1, -0.05) is 6.92 Å². The van der Waals surface area contributed by atoms with Crippen LogP contribution in [0.15, 0.2) is 0 Å². The van der Waals surface area contributed by atoms with Crippen molar-refractivity contribution in [2.75, 3.05) is 13.2 Å². The lowest BCUT2D eigenvalue weighted by atomic mass is 10.2. The largest absolute Gasteiger partial charge is 0.465 e. The minimum absolute atomic E-state index is 0.111. The molecule has 0 aromatic rings. The molecule has 0 saturated heterocycles. The van der Waals surface area contributed by atoms with E-state index in [0.717, 1.165) is 0 Å². The van der Waals surface area contributed by atoms with Gasteiger partial charge in [-0.25, -0.2) is 0 Å². The Labute approximate surface area is 77.6 Å². The van der Waals surface area contributed by atoms with Crippen molar-refractivity contribution < 1.29 is 14.3 Å². The molecule has 0 bridgehead atoms. The first-order chi connectivity index (χ1) is 6.11. The Balaban J connectivity index is 3.63. The average Bonchev–Trinajstić information content (AvgIpc) is 2.13. The molecular formula is C8H16N2O3. The van der Waals surface area contributed by atoms with E-state index in [0.29, 0.717) is 13.0 Å². The number of nitrogens with one attached hydrogen (secondary N) is 1. The number of carbonyl (C=O) groups excluding carboxylic acids is 2. The minimum atomic E-state index is -0.547. The summed E-state index contributed by atoms with van der Waals surface area (Å²) < 4.78 is 4.61. The van der Waals surface area contributed by atoms with Crippen molar-refractivity contribution >= 4 is 11.9 Å². The molecule has 0 aliphatic carbocycles. The smallest absolute Gasteiger partial charge is 0.325 e. The Morgan fingerprint density at radius 3 is 2.54 bits per heavy atom. The molecule has 13 heavy (non-hydrogen) atoms. The molecule has 0 rings (SSSR count). The second kappa shape index (κ2) is 6.42. The van der Waals surface area contributed by atoms with E-state index in [1.165, 1.54) is 0 Å². The summed E-state index contributed by atoms with van der Waals surface area (Å²) in [6.45, 7) is 3.71. The monoisotopic (exact) mass is 188 g/mol. The zero-order valence-corrected chi connectivity index (χ0v) is 8.00. The van der Waals surface area contributed by atoms with Crippen LogP contribution in [0, 0.1) is 0 Å². The molecule has 76 valence electrons. The van der Waals surface area contributed by atoms with Crippen molar-refractivity contribution in [1.29, 1.82) is 0 Å². The van der Waals surface area contributed by atoms with Crippen LogP contribution < -0.4 is 11.1 Å². The fourth-order valence-electron chi connectivity index (χ4n) is 0.688. The highest BCUT2D eigenvalue weighted by Gasteiger charge is 2.11. The summed E-state index contributed by atoms with van der Waals surface area (Å²) in [7, 11) is 0. The Morgan fingerprint density at radius 2 is 2.08 bits per heavy atom. The first-order valence-corrected chi connectivity index (χ1v) is 4.30. The second-order valence-corrected chi connectivity index (χ2v) is 2.54. The SMILES string of the molecule is CCOC(=O)CNC(=O)C(N)CC. The molecule has 0 spiro atoms. The molecule has 0 aliphatic rings. The zero-order chi connectivity index (χ0) is 10.3. The van der Waals surface area contributed by atoms with Crippen molar-refractivity contribution in [2.24, 2.45) is 5.73 Å². The highest BCUT2D eigenvalue weighted by molar-refractivity contribution is 5.85. The summed E-state index contributed by atoms with van der Waals surface area (Å²) in [5, 5.41) is 2.38. The standard InChI is InChI=1S/C8H16N2O3/c1-3-6(9)8(12)10-5-7(11)13-4-2/h6H,3-5,9H2,1-2H3,(H,10,12). The number of esters is 1. The van der Waals surface area contributed by atoms with Crippen molar-refractivity contribution in [3.05, 3.63) is 0 Å². The van der Waals surface area contributed by atoms with E-state index in [9.17, 15) is 9.59 Å². The second-order valence-electron chi connectivity index (χ2n) is 2.54. The molecule has 5 heteroatoms. The minimum Gasteiger partial charge on any atom is -0.465 e. The summed E-state index contributed by atoms with van der Waals surface area (Å²) >= 11 is 0. The van der Waals surface area contributed by atoms with E-state index in [1.807, 2.05) is 0 Å². The molecule has 0 aliphatic heterocycles. The van der Waals surface area contributed by atoms with Crippen molar-refractivity contribution in [2.45, 2.75) is 26.3 Å². The maximum Gasteiger partial charge on any atom is 0.325 e. The number of hydrogen-bond donors (Lipinski definition) is 2. The van der Waals surface area contributed by atoms with Gasteiger partial charge < -0.3 is 15.8 Å². The third kappa shape index (κ3) is 5.19. The topological polar surface area (TPSA) is 81.4 Å². The van der Waals surface area contributed by atoms with Gasteiger partial charge >= 0.3 is 5.97 Å². The lowest BCUT2D eigenvalue weighted by Crippen LogP contribution is -2.42. The van der Waals surface area contributed by atoms with E-state index in [-0.39, 0.29) is 12.5 Å². The number of amides is 1. The Bertz CT molecular complexity index is 182. The molecule has 1 unspecified atom stereocenters. The van der Waals surface area contributed by atoms with E-state index < -0.39 is 12.0 Å². The molecule has 0 heterocycles. The summed E-state index contributed by atoms with van der Waals surface area (Å²) in [6.07, 6.45) is 0.550. The third-order valence-electron chi connectivity index (χ3n) is 1.49. The van der Waals surface area contributed by atoms with Crippen LogP contribution in [0.2, 0.25) is 0 Å². The summed E-state index contributed by atoms with van der Waals surface area (Å²) in [5.74, 6) is -0.769. The fraction of sp³-hybridized carbons (Fsp3) is 0.750. The molecule has 0 radical (unpaired) electrons. The van der Waals surface area contributed by atoms with Gasteiger partial charge in [-0.3, -0.25) is 9.59 Å². The van der Waals surface area contributed by atoms with Gasteiger partial charge in [0.2, 0.25) is 5.91 Å². The maximum absolute atomic E-state index is 11.0. The maximum atomic E-state index is 11.0. The van der Waals surface area contributed by atoms with Gasteiger partial charge in [-0.05, 0) is 13.3 Å². The molecule has 0 fully saturated rings. The van der Waals surface area contributed by atoms with Gasteiger partial charge in [0.05, 0.1) is 12.6 Å². The lowest BCUT2D eigenvalue weighted by molar-refractivity contribution is -0.143. The summed E-state index contributed by atoms with van der Waals surface area (Å²) in [4.78, 5) is 21.8. The highest BCUT2D eigenvalue weighted by Crippen LogP contribution is 1.85. The van der Waals surface area contributed by atoms with Crippen LogP contribution in [-0.2, 0) is 14.3 Å². The highest BCUT2D eigenvalue weighted by atomic mass is 16.5. The first-order valence-electron chi connectivity index (χ1n) is 4.30. The number of rotatable bonds is 5. The normalized spacial score (nSPS) is 11.9. The van der Waals surface area contributed by atoms with E-state index in [4.69, 9.17) is 5.73 Å². The predicted molar refractivity (Wildman–Crippen MR) is 47.9 cm³/mol. The van der Waals surface area contributed by atoms with Gasteiger partial charge in [0.15, 0.2) is 0 Å². The van der Waals surface area contributed by atoms with Gasteiger partial charge in [0.1, 0.15) is 6.54 Å². The van der Waals surface area contributed by atoms with Crippen molar-refractivity contribution in [3.8, 4) is 0 Å². The van der Waals surface area contributed by atoms with Crippen LogP contribution >= 0.6 is 0 Å². The summed E-state index contributed by atoms with van der Waals surface area (Å²) in [6, 6.07) is -0.547. The predicted octanol–water partition coefficient (Wildman–Crippen LogP) is -0.597. The number of hydrogen-bond acceptors (Lipinski definition) is 4. The van der Waals surface area contributed by atoms with Crippen molar-refractivity contribution in [1.82, 2.24) is 5.32 Å². The Morgan fingerprint density at radius 1 is 1.46 bits per heavy atom. The Kier molecular flexibility index (Phi) is 5.88. The number of nitrogens with two attached hydrogens (primary N) is 1. The number of ether oxygens (including phenoxy) is 1. The molecule has 0 saturated carbocycles. The molecule has 0 aromatic carbocycles. The molecule has 1 amide bonds. The fourth-order valence-corrected chi connectivity index (χ4v) is 0.688. The van der Waals surface area contributed by atoms with Gasteiger partial charge in [0.25, 0.3) is 0 Å². The molecular weight excluding hydrogens is 172 g/mol.